The molecule has 3 heteroatoms. The Bertz CT molecular complexity index is 361. The van der Waals surface area contributed by atoms with Crippen LogP contribution in [0.15, 0.2) is 24.3 Å². The fourth-order valence-corrected chi connectivity index (χ4v) is 2.46. The summed E-state index contributed by atoms with van der Waals surface area (Å²) in [6.07, 6.45) is 3.02. The second-order valence-electron chi connectivity index (χ2n) is 4.86. The Labute approximate surface area is 109 Å². The van der Waals surface area contributed by atoms with Crippen molar-refractivity contribution in [1.82, 2.24) is 4.90 Å². The van der Waals surface area contributed by atoms with Crippen molar-refractivity contribution < 1.29 is 9.84 Å². The predicted molar refractivity (Wildman–Crippen MR) is 72.9 cm³/mol. The van der Waals surface area contributed by atoms with Gasteiger partial charge in [-0.25, -0.2) is 0 Å². The number of aliphatic hydroxyl groups is 1. The number of hydrogen-bond donors (Lipinski definition) is 1. The molecule has 0 saturated carbocycles. The van der Waals surface area contributed by atoms with Crippen molar-refractivity contribution in [2.24, 2.45) is 0 Å². The fourth-order valence-electron chi connectivity index (χ4n) is 2.46. The number of rotatable bonds is 6. The van der Waals surface area contributed by atoms with Gasteiger partial charge in [0.1, 0.15) is 5.75 Å². The van der Waals surface area contributed by atoms with Gasteiger partial charge in [0.25, 0.3) is 0 Å². The van der Waals surface area contributed by atoms with Crippen LogP contribution in [0.2, 0.25) is 0 Å². The Morgan fingerprint density at radius 3 is 2.83 bits per heavy atom. The third-order valence-corrected chi connectivity index (χ3v) is 3.47. The third-order valence-electron chi connectivity index (χ3n) is 3.47. The number of aliphatic hydroxyl groups excluding tert-OH is 1. The van der Waals surface area contributed by atoms with Crippen LogP contribution in [-0.2, 0) is 0 Å². The summed E-state index contributed by atoms with van der Waals surface area (Å²) in [5.41, 5.74) is 0.958. The maximum absolute atomic E-state index is 10.2. The zero-order valence-electron chi connectivity index (χ0n) is 11.1. The molecule has 1 atom stereocenters. The molecule has 1 aliphatic rings. The number of benzene rings is 1. The van der Waals surface area contributed by atoms with E-state index in [1.165, 1.54) is 25.9 Å². The zero-order valence-corrected chi connectivity index (χ0v) is 11.1. The number of hydrogen-bond acceptors (Lipinski definition) is 3. The van der Waals surface area contributed by atoms with E-state index in [4.69, 9.17) is 4.74 Å². The molecule has 1 fully saturated rings. The summed E-state index contributed by atoms with van der Waals surface area (Å²) in [5.74, 6) is 0.843. The lowest BCUT2D eigenvalue weighted by Crippen LogP contribution is -2.22. The van der Waals surface area contributed by atoms with E-state index in [-0.39, 0.29) is 6.10 Å². The molecule has 1 unspecified atom stereocenters. The topological polar surface area (TPSA) is 32.7 Å². The highest BCUT2D eigenvalue weighted by Gasteiger charge is 2.14. The van der Waals surface area contributed by atoms with Crippen LogP contribution in [0.4, 0.5) is 0 Å². The first-order chi connectivity index (χ1) is 8.79. The van der Waals surface area contributed by atoms with Gasteiger partial charge in [-0.3, -0.25) is 0 Å². The predicted octanol–water partition coefficient (Wildman–Crippen LogP) is 2.60. The summed E-state index contributed by atoms with van der Waals surface area (Å²) in [4.78, 5) is 2.43. The number of likely N-dealkylation sites (tertiary alicyclic amines) is 1. The Hall–Kier alpha value is -1.06. The van der Waals surface area contributed by atoms with Gasteiger partial charge in [0.05, 0.1) is 12.7 Å². The van der Waals surface area contributed by atoms with Crippen LogP contribution in [0.5, 0.6) is 5.75 Å². The van der Waals surface area contributed by atoms with Gasteiger partial charge in [-0.05, 0) is 57.0 Å². The summed E-state index contributed by atoms with van der Waals surface area (Å²) in [6, 6.07) is 7.79. The SMILES string of the molecule is CCOc1cccc(C(O)CCN2CCCC2)c1. The van der Waals surface area contributed by atoms with Crippen molar-refractivity contribution in [3.63, 3.8) is 0 Å². The van der Waals surface area contributed by atoms with Crippen LogP contribution in [-0.4, -0.2) is 36.2 Å². The first kappa shape index (κ1) is 13.4. The monoisotopic (exact) mass is 249 g/mol. The average molecular weight is 249 g/mol. The average Bonchev–Trinajstić information content (AvgIpc) is 2.90. The van der Waals surface area contributed by atoms with Gasteiger partial charge in [-0.1, -0.05) is 12.1 Å². The van der Waals surface area contributed by atoms with Crippen molar-refractivity contribution in [2.45, 2.75) is 32.3 Å². The quantitative estimate of drug-likeness (QED) is 0.841. The fraction of sp³-hybridized carbons (Fsp3) is 0.600. The summed E-state index contributed by atoms with van der Waals surface area (Å²) in [5, 5.41) is 10.2. The molecule has 0 radical (unpaired) electrons. The molecule has 1 aromatic carbocycles. The molecular weight excluding hydrogens is 226 g/mol. The largest absolute Gasteiger partial charge is 0.494 e. The number of nitrogens with zero attached hydrogens (tertiary/aromatic N) is 1. The maximum Gasteiger partial charge on any atom is 0.119 e. The molecule has 3 nitrogen and oxygen atoms in total. The molecule has 0 aliphatic carbocycles. The van der Waals surface area contributed by atoms with Crippen molar-refractivity contribution in [1.29, 1.82) is 0 Å². The van der Waals surface area contributed by atoms with Crippen LogP contribution in [0.3, 0.4) is 0 Å². The van der Waals surface area contributed by atoms with Crippen molar-refractivity contribution in [3.05, 3.63) is 29.8 Å². The lowest BCUT2D eigenvalue weighted by atomic mass is 10.1. The van der Waals surface area contributed by atoms with Gasteiger partial charge in [0.15, 0.2) is 0 Å². The lowest BCUT2D eigenvalue weighted by molar-refractivity contribution is 0.148. The Morgan fingerprint density at radius 2 is 2.11 bits per heavy atom. The molecule has 18 heavy (non-hydrogen) atoms. The van der Waals surface area contributed by atoms with Gasteiger partial charge in [0.2, 0.25) is 0 Å². The van der Waals surface area contributed by atoms with Crippen LogP contribution in [0, 0.1) is 0 Å². The lowest BCUT2D eigenvalue weighted by Gasteiger charge is -2.18. The van der Waals surface area contributed by atoms with Crippen LogP contribution >= 0.6 is 0 Å². The van der Waals surface area contributed by atoms with E-state index in [1.807, 2.05) is 31.2 Å². The van der Waals surface area contributed by atoms with Crippen molar-refractivity contribution in [3.8, 4) is 5.75 Å². The van der Waals surface area contributed by atoms with E-state index >= 15 is 0 Å². The molecule has 1 saturated heterocycles. The highest BCUT2D eigenvalue weighted by molar-refractivity contribution is 5.29. The summed E-state index contributed by atoms with van der Waals surface area (Å²) in [7, 11) is 0. The van der Waals surface area contributed by atoms with Gasteiger partial charge in [-0.15, -0.1) is 0 Å². The highest BCUT2D eigenvalue weighted by atomic mass is 16.5. The second kappa shape index (κ2) is 6.76. The van der Waals surface area contributed by atoms with E-state index < -0.39 is 0 Å². The molecular formula is C15H23NO2. The molecule has 1 heterocycles. The van der Waals surface area contributed by atoms with Gasteiger partial charge >= 0.3 is 0 Å². The molecule has 1 aliphatic heterocycles. The maximum atomic E-state index is 10.2. The molecule has 1 aromatic rings. The minimum Gasteiger partial charge on any atom is -0.494 e. The van der Waals surface area contributed by atoms with E-state index in [0.717, 1.165) is 24.3 Å². The van der Waals surface area contributed by atoms with Gasteiger partial charge < -0.3 is 14.7 Å². The first-order valence-corrected chi connectivity index (χ1v) is 6.93. The standard InChI is InChI=1S/C15H23NO2/c1-2-18-14-7-5-6-13(12-14)15(17)8-11-16-9-3-4-10-16/h5-7,12,15,17H,2-4,8-11H2,1H3. The molecule has 100 valence electrons. The Balaban J connectivity index is 1.86. The highest BCUT2D eigenvalue weighted by Crippen LogP contribution is 2.22. The molecule has 2 rings (SSSR count). The molecule has 0 aromatic heterocycles. The minimum atomic E-state index is -0.383. The molecule has 1 N–H and O–H groups in total. The first-order valence-electron chi connectivity index (χ1n) is 6.93. The van der Waals surface area contributed by atoms with Gasteiger partial charge in [0, 0.05) is 6.54 Å². The van der Waals surface area contributed by atoms with E-state index in [0.29, 0.717) is 6.61 Å². The zero-order chi connectivity index (χ0) is 12.8. The van der Waals surface area contributed by atoms with E-state index in [1.54, 1.807) is 0 Å². The molecule has 0 spiro atoms. The Morgan fingerprint density at radius 1 is 1.33 bits per heavy atom. The Kier molecular flexibility index (Phi) is 5.02. The van der Waals surface area contributed by atoms with Gasteiger partial charge in [-0.2, -0.15) is 0 Å². The summed E-state index contributed by atoms with van der Waals surface area (Å²) < 4.78 is 5.45. The minimum absolute atomic E-state index is 0.383. The third kappa shape index (κ3) is 3.72. The van der Waals surface area contributed by atoms with Crippen LogP contribution < -0.4 is 4.74 Å². The number of ether oxygens (including phenoxy) is 1. The smallest absolute Gasteiger partial charge is 0.119 e. The van der Waals surface area contributed by atoms with Crippen molar-refractivity contribution >= 4 is 0 Å². The second-order valence-corrected chi connectivity index (χ2v) is 4.86. The summed E-state index contributed by atoms with van der Waals surface area (Å²) in [6.45, 7) is 5.99. The van der Waals surface area contributed by atoms with Crippen LogP contribution in [0.1, 0.15) is 37.9 Å². The van der Waals surface area contributed by atoms with E-state index in [2.05, 4.69) is 4.90 Å². The molecule has 0 bridgehead atoms. The van der Waals surface area contributed by atoms with Crippen LogP contribution in [0.25, 0.3) is 0 Å². The van der Waals surface area contributed by atoms with Crippen molar-refractivity contribution in [2.75, 3.05) is 26.2 Å². The van der Waals surface area contributed by atoms with E-state index in [9.17, 15) is 5.11 Å². The summed E-state index contributed by atoms with van der Waals surface area (Å²) >= 11 is 0. The molecule has 0 amide bonds. The normalized spacial score (nSPS) is 17.9.